The largest absolute Gasteiger partial charge is 0.494 e. The Morgan fingerprint density at radius 3 is 2.19 bits per heavy atom. The fraction of sp³-hybridized carbons (Fsp3) is 0.625. The van der Waals surface area contributed by atoms with Crippen LogP contribution >= 0.6 is 0 Å². The zero-order chi connectivity index (χ0) is 15.2. The first-order chi connectivity index (χ1) is 10.2. The second-order valence-corrected chi connectivity index (χ2v) is 5.38. The molecule has 3 atom stereocenters. The van der Waals surface area contributed by atoms with Crippen LogP contribution in [0.2, 0.25) is 0 Å². The van der Waals surface area contributed by atoms with Gasteiger partial charge in [-0.2, -0.15) is 0 Å². The number of likely N-dealkylation sites (tertiary alicyclic amines) is 1. The molecule has 5 nitrogen and oxygen atoms in total. The zero-order valence-electron chi connectivity index (χ0n) is 13.1. The molecule has 3 unspecified atom stereocenters. The topological polar surface area (TPSA) is 57.0 Å². The highest BCUT2D eigenvalue weighted by molar-refractivity contribution is 5.29. The van der Waals surface area contributed by atoms with Crippen LogP contribution in [0.5, 0.6) is 5.75 Å². The van der Waals surface area contributed by atoms with E-state index in [-0.39, 0.29) is 18.2 Å². The lowest BCUT2D eigenvalue weighted by molar-refractivity contribution is -0.00461. The van der Waals surface area contributed by atoms with Gasteiger partial charge in [-0.1, -0.05) is 12.1 Å². The first-order valence-corrected chi connectivity index (χ1v) is 7.44. The van der Waals surface area contributed by atoms with Crippen LogP contribution in [0, 0.1) is 0 Å². The number of nitrogens with zero attached hydrogens (tertiary/aromatic N) is 1. The quantitative estimate of drug-likeness (QED) is 0.824. The molecule has 0 amide bonds. The van der Waals surface area contributed by atoms with E-state index in [2.05, 4.69) is 4.90 Å². The Labute approximate surface area is 127 Å². The molecule has 0 saturated carbocycles. The van der Waals surface area contributed by atoms with Gasteiger partial charge in [-0.15, -0.1) is 0 Å². The molecule has 2 N–H and O–H groups in total. The second-order valence-electron chi connectivity index (χ2n) is 5.38. The van der Waals surface area contributed by atoms with Gasteiger partial charge in [0.2, 0.25) is 0 Å². The molecule has 118 valence electrons. The maximum absolute atomic E-state index is 6.31. The van der Waals surface area contributed by atoms with Crippen molar-refractivity contribution >= 4 is 0 Å². The molecule has 0 aromatic heterocycles. The lowest BCUT2D eigenvalue weighted by atomic mass is 10.1. The normalized spacial score (nSPS) is 24.2. The summed E-state index contributed by atoms with van der Waals surface area (Å²) in [6, 6.07) is 7.99. The van der Waals surface area contributed by atoms with E-state index in [1.54, 1.807) is 14.2 Å². The van der Waals surface area contributed by atoms with Gasteiger partial charge in [0, 0.05) is 39.9 Å². The van der Waals surface area contributed by atoms with Gasteiger partial charge in [0.25, 0.3) is 0 Å². The van der Waals surface area contributed by atoms with Crippen molar-refractivity contribution in [1.82, 2.24) is 4.90 Å². The minimum atomic E-state index is -0.0196. The Hall–Kier alpha value is -1.14. The first-order valence-electron chi connectivity index (χ1n) is 7.44. The van der Waals surface area contributed by atoms with Crippen LogP contribution in [0.3, 0.4) is 0 Å². The van der Waals surface area contributed by atoms with Crippen molar-refractivity contribution in [3.8, 4) is 5.75 Å². The summed E-state index contributed by atoms with van der Waals surface area (Å²) >= 11 is 0. The number of hydrogen-bond acceptors (Lipinski definition) is 5. The molecule has 5 heteroatoms. The van der Waals surface area contributed by atoms with E-state index in [1.807, 2.05) is 31.2 Å². The molecule has 1 aromatic carbocycles. The Balaban J connectivity index is 1.90. The lowest BCUT2D eigenvalue weighted by Gasteiger charge is -2.21. The summed E-state index contributed by atoms with van der Waals surface area (Å²) in [4.78, 5) is 2.30. The highest BCUT2D eigenvalue weighted by Crippen LogP contribution is 2.21. The SMILES string of the molecule is CCOc1ccc(C(N)CN2CC(OC)C(OC)C2)cc1. The number of ether oxygens (including phenoxy) is 3. The van der Waals surface area contributed by atoms with Gasteiger partial charge >= 0.3 is 0 Å². The Bertz CT molecular complexity index is 412. The van der Waals surface area contributed by atoms with Gasteiger partial charge in [-0.3, -0.25) is 4.90 Å². The van der Waals surface area contributed by atoms with Crippen molar-refractivity contribution in [3.63, 3.8) is 0 Å². The monoisotopic (exact) mass is 294 g/mol. The Morgan fingerprint density at radius 2 is 1.71 bits per heavy atom. The van der Waals surface area contributed by atoms with Crippen LogP contribution in [0.15, 0.2) is 24.3 Å². The summed E-state index contributed by atoms with van der Waals surface area (Å²) in [5, 5.41) is 0. The fourth-order valence-electron chi connectivity index (χ4n) is 2.78. The molecule has 1 aliphatic rings. The zero-order valence-corrected chi connectivity index (χ0v) is 13.1. The molecule has 1 fully saturated rings. The molecule has 0 spiro atoms. The van der Waals surface area contributed by atoms with Crippen LogP contribution in [-0.4, -0.2) is 57.6 Å². The standard InChI is InChI=1S/C16H26N2O3/c1-4-21-13-7-5-12(6-8-13)14(17)9-18-10-15(19-2)16(11-18)20-3/h5-8,14-16H,4,9-11,17H2,1-3H3. The van der Waals surface area contributed by atoms with Gasteiger partial charge in [0.1, 0.15) is 5.75 Å². The number of methoxy groups -OCH3 is 2. The molecular weight excluding hydrogens is 268 g/mol. The Morgan fingerprint density at radius 1 is 1.14 bits per heavy atom. The third kappa shape index (κ3) is 4.17. The minimum absolute atomic E-state index is 0.0196. The predicted octanol–water partition coefficient (Wildman–Crippen LogP) is 1.43. The van der Waals surface area contributed by atoms with Crippen LogP contribution in [0.1, 0.15) is 18.5 Å². The van der Waals surface area contributed by atoms with Crippen molar-refractivity contribution in [1.29, 1.82) is 0 Å². The number of benzene rings is 1. The molecule has 0 radical (unpaired) electrons. The van der Waals surface area contributed by atoms with Gasteiger partial charge in [0.05, 0.1) is 18.8 Å². The van der Waals surface area contributed by atoms with Crippen molar-refractivity contribution in [2.24, 2.45) is 5.73 Å². The molecule has 0 aliphatic carbocycles. The number of hydrogen-bond donors (Lipinski definition) is 1. The molecule has 1 aromatic rings. The third-order valence-electron chi connectivity index (χ3n) is 3.97. The lowest BCUT2D eigenvalue weighted by Crippen LogP contribution is -2.31. The van der Waals surface area contributed by atoms with Gasteiger partial charge in [-0.05, 0) is 24.6 Å². The van der Waals surface area contributed by atoms with Gasteiger partial charge < -0.3 is 19.9 Å². The summed E-state index contributed by atoms with van der Waals surface area (Å²) in [7, 11) is 3.46. The average Bonchev–Trinajstić information content (AvgIpc) is 2.90. The third-order valence-corrected chi connectivity index (χ3v) is 3.97. The molecule has 21 heavy (non-hydrogen) atoms. The summed E-state index contributed by atoms with van der Waals surface area (Å²) in [6.45, 7) is 5.18. The number of nitrogens with two attached hydrogens (primary N) is 1. The highest BCUT2D eigenvalue weighted by Gasteiger charge is 2.33. The first kappa shape index (κ1) is 16.2. The van der Waals surface area contributed by atoms with Crippen molar-refractivity contribution in [2.45, 2.75) is 25.2 Å². The summed E-state index contributed by atoms with van der Waals surface area (Å²) in [5.74, 6) is 0.883. The summed E-state index contributed by atoms with van der Waals surface area (Å²) in [6.07, 6.45) is 0.255. The molecule has 0 bridgehead atoms. The Kier molecular flexibility index (Phi) is 5.99. The highest BCUT2D eigenvalue weighted by atomic mass is 16.5. The maximum Gasteiger partial charge on any atom is 0.119 e. The molecule has 1 saturated heterocycles. The van der Waals surface area contributed by atoms with Crippen molar-refractivity contribution in [3.05, 3.63) is 29.8 Å². The smallest absolute Gasteiger partial charge is 0.119 e. The van der Waals surface area contributed by atoms with E-state index in [0.29, 0.717) is 6.61 Å². The molecule has 1 aliphatic heterocycles. The van der Waals surface area contributed by atoms with E-state index in [9.17, 15) is 0 Å². The van der Waals surface area contributed by atoms with E-state index in [1.165, 1.54) is 0 Å². The predicted molar refractivity (Wildman–Crippen MR) is 82.6 cm³/mol. The van der Waals surface area contributed by atoms with E-state index >= 15 is 0 Å². The number of rotatable bonds is 7. The molecule has 1 heterocycles. The minimum Gasteiger partial charge on any atom is -0.494 e. The molecular formula is C16H26N2O3. The van der Waals surface area contributed by atoms with Crippen LogP contribution in [0.4, 0.5) is 0 Å². The maximum atomic E-state index is 6.31. The van der Waals surface area contributed by atoms with Crippen LogP contribution in [-0.2, 0) is 9.47 Å². The van der Waals surface area contributed by atoms with Crippen LogP contribution < -0.4 is 10.5 Å². The fourth-order valence-corrected chi connectivity index (χ4v) is 2.78. The van der Waals surface area contributed by atoms with Gasteiger partial charge in [0.15, 0.2) is 0 Å². The van der Waals surface area contributed by atoms with E-state index in [4.69, 9.17) is 19.9 Å². The van der Waals surface area contributed by atoms with Gasteiger partial charge in [-0.25, -0.2) is 0 Å². The summed E-state index contributed by atoms with van der Waals surface area (Å²) < 4.78 is 16.3. The average molecular weight is 294 g/mol. The van der Waals surface area contributed by atoms with E-state index < -0.39 is 0 Å². The van der Waals surface area contributed by atoms with E-state index in [0.717, 1.165) is 30.9 Å². The molecule has 2 rings (SSSR count). The summed E-state index contributed by atoms with van der Waals surface area (Å²) in [5.41, 5.74) is 7.43. The van der Waals surface area contributed by atoms with Crippen molar-refractivity contribution in [2.75, 3.05) is 40.5 Å². The van der Waals surface area contributed by atoms with Crippen LogP contribution in [0.25, 0.3) is 0 Å². The second kappa shape index (κ2) is 7.75. The van der Waals surface area contributed by atoms with Crippen molar-refractivity contribution < 1.29 is 14.2 Å².